The molecule has 0 aliphatic carbocycles. The summed E-state index contributed by atoms with van der Waals surface area (Å²) in [5, 5.41) is 12.2. The lowest BCUT2D eigenvalue weighted by atomic mass is 10.1. The second-order valence-corrected chi connectivity index (χ2v) is 5.43. The van der Waals surface area contributed by atoms with Gasteiger partial charge in [0.05, 0.1) is 26.4 Å². The van der Waals surface area contributed by atoms with E-state index >= 15 is 0 Å². The number of aromatic carboxylic acids is 1. The molecular weight excluding hydrogens is 322 g/mol. The summed E-state index contributed by atoms with van der Waals surface area (Å²) in [5.74, 6) is 1.18. The van der Waals surface area contributed by atoms with Crippen LogP contribution in [-0.2, 0) is 6.54 Å². The highest BCUT2D eigenvalue weighted by atomic mass is 16.5. The second-order valence-electron chi connectivity index (χ2n) is 5.43. The number of carbonyl (C=O) groups is 1. The van der Waals surface area contributed by atoms with E-state index in [9.17, 15) is 4.79 Å². The zero-order chi connectivity index (χ0) is 18.1. The summed E-state index contributed by atoms with van der Waals surface area (Å²) in [6, 6.07) is 12.3. The Kier molecular flexibility index (Phi) is 7.10. The average Bonchev–Trinajstić information content (AvgIpc) is 2.64. The van der Waals surface area contributed by atoms with Gasteiger partial charge < -0.3 is 24.6 Å². The molecule has 0 fully saturated rings. The SMILES string of the molecule is COc1cc(OC)cc(OCCCNCc2ccc(C(=O)O)cc2)c1. The molecule has 0 unspecified atom stereocenters. The number of hydrogen-bond acceptors (Lipinski definition) is 5. The number of methoxy groups -OCH3 is 2. The Hall–Kier alpha value is -2.73. The smallest absolute Gasteiger partial charge is 0.335 e. The van der Waals surface area contributed by atoms with Gasteiger partial charge in [0.25, 0.3) is 0 Å². The monoisotopic (exact) mass is 345 g/mol. The highest BCUT2D eigenvalue weighted by molar-refractivity contribution is 5.87. The molecule has 0 aromatic heterocycles. The van der Waals surface area contributed by atoms with Crippen molar-refractivity contribution in [3.05, 3.63) is 53.6 Å². The summed E-state index contributed by atoms with van der Waals surface area (Å²) < 4.78 is 16.1. The first-order valence-corrected chi connectivity index (χ1v) is 8.01. The largest absolute Gasteiger partial charge is 0.496 e. The van der Waals surface area contributed by atoms with E-state index in [1.807, 2.05) is 24.3 Å². The van der Waals surface area contributed by atoms with E-state index < -0.39 is 5.97 Å². The number of benzene rings is 2. The van der Waals surface area contributed by atoms with Crippen LogP contribution >= 0.6 is 0 Å². The zero-order valence-corrected chi connectivity index (χ0v) is 14.5. The molecule has 0 aliphatic rings. The summed E-state index contributed by atoms with van der Waals surface area (Å²) in [5.41, 5.74) is 1.34. The number of carboxylic acid groups (broad SMARTS) is 1. The van der Waals surface area contributed by atoms with Crippen molar-refractivity contribution in [1.29, 1.82) is 0 Å². The van der Waals surface area contributed by atoms with Gasteiger partial charge in [-0.1, -0.05) is 12.1 Å². The van der Waals surface area contributed by atoms with Crippen LogP contribution < -0.4 is 19.5 Å². The van der Waals surface area contributed by atoms with Crippen LogP contribution in [0.4, 0.5) is 0 Å². The summed E-state index contributed by atoms with van der Waals surface area (Å²) >= 11 is 0. The molecule has 2 aromatic rings. The number of hydrogen-bond donors (Lipinski definition) is 2. The van der Waals surface area contributed by atoms with E-state index in [4.69, 9.17) is 19.3 Å². The Bertz CT molecular complexity index is 662. The molecule has 0 bridgehead atoms. The number of carboxylic acids is 1. The van der Waals surface area contributed by atoms with Crippen LogP contribution in [0.25, 0.3) is 0 Å². The fraction of sp³-hybridized carbons (Fsp3) is 0.316. The Morgan fingerprint density at radius 2 is 1.60 bits per heavy atom. The summed E-state index contributed by atoms with van der Waals surface area (Å²) in [6.45, 7) is 2.05. The Morgan fingerprint density at radius 1 is 1.00 bits per heavy atom. The number of ether oxygens (including phenoxy) is 3. The van der Waals surface area contributed by atoms with Crippen LogP contribution in [0.1, 0.15) is 22.3 Å². The lowest BCUT2D eigenvalue weighted by molar-refractivity contribution is 0.0697. The molecule has 2 aromatic carbocycles. The lowest BCUT2D eigenvalue weighted by Gasteiger charge is -2.10. The van der Waals surface area contributed by atoms with E-state index in [1.54, 1.807) is 32.4 Å². The highest BCUT2D eigenvalue weighted by Gasteiger charge is 2.03. The molecule has 0 saturated heterocycles. The first kappa shape index (κ1) is 18.6. The molecule has 0 atom stereocenters. The van der Waals surface area contributed by atoms with Crippen LogP contribution in [0, 0.1) is 0 Å². The third-order valence-corrected chi connectivity index (χ3v) is 3.62. The minimum Gasteiger partial charge on any atom is -0.496 e. The van der Waals surface area contributed by atoms with Crippen LogP contribution in [0.5, 0.6) is 17.2 Å². The molecule has 6 heteroatoms. The molecule has 0 radical (unpaired) electrons. The van der Waals surface area contributed by atoms with Crippen LogP contribution in [0.2, 0.25) is 0 Å². The maximum Gasteiger partial charge on any atom is 0.335 e. The van der Waals surface area contributed by atoms with Gasteiger partial charge in [0.15, 0.2) is 0 Å². The maximum atomic E-state index is 10.8. The third-order valence-electron chi connectivity index (χ3n) is 3.62. The quantitative estimate of drug-likeness (QED) is 0.645. The van der Waals surface area contributed by atoms with Crippen LogP contribution in [-0.4, -0.2) is 38.4 Å². The van der Waals surface area contributed by atoms with Crippen molar-refractivity contribution in [2.24, 2.45) is 0 Å². The van der Waals surface area contributed by atoms with Gasteiger partial charge in [0.2, 0.25) is 0 Å². The van der Waals surface area contributed by atoms with E-state index in [-0.39, 0.29) is 0 Å². The van der Waals surface area contributed by atoms with Gasteiger partial charge in [-0.3, -0.25) is 0 Å². The maximum absolute atomic E-state index is 10.8. The Balaban J connectivity index is 1.69. The van der Waals surface area contributed by atoms with E-state index in [1.165, 1.54) is 0 Å². The van der Waals surface area contributed by atoms with Gasteiger partial charge in [0, 0.05) is 24.7 Å². The molecule has 25 heavy (non-hydrogen) atoms. The number of rotatable bonds is 10. The normalized spacial score (nSPS) is 10.3. The topological polar surface area (TPSA) is 77.0 Å². The van der Waals surface area contributed by atoms with Crippen molar-refractivity contribution in [2.75, 3.05) is 27.4 Å². The van der Waals surface area contributed by atoms with E-state index in [0.29, 0.717) is 36.0 Å². The van der Waals surface area contributed by atoms with Gasteiger partial charge in [-0.2, -0.15) is 0 Å². The van der Waals surface area contributed by atoms with Crippen molar-refractivity contribution in [3.63, 3.8) is 0 Å². The standard InChI is InChI=1S/C19H23NO5/c1-23-16-10-17(24-2)12-18(11-16)25-9-3-8-20-13-14-4-6-15(7-5-14)19(21)22/h4-7,10-12,20H,3,8-9,13H2,1-2H3,(H,21,22). The first-order chi connectivity index (χ1) is 12.1. The van der Waals surface area contributed by atoms with Crippen LogP contribution in [0.15, 0.2) is 42.5 Å². The summed E-state index contributed by atoms with van der Waals surface area (Å²) in [6.07, 6.45) is 0.840. The average molecular weight is 345 g/mol. The van der Waals surface area contributed by atoms with Crippen molar-refractivity contribution >= 4 is 5.97 Å². The van der Waals surface area contributed by atoms with Crippen molar-refractivity contribution in [2.45, 2.75) is 13.0 Å². The molecule has 2 N–H and O–H groups in total. The Morgan fingerprint density at radius 3 is 2.16 bits per heavy atom. The molecule has 6 nitrogen and oxygen atoms in total. The predicted octanol–water partition coefficient (Wildman–Crippen LogP) is 2.96. The minimum atomic E-state index is -0.911. The van der Waals surface area contributed by atoms with Gasteiger partial charge in [-0.25, -0.2) is 4.79 Å². The molecule has 0 aliphatic heterocycles. The number of nitrogens with one attached hydrogen (secondary N) is 1. The predicted molar refractivity (Wildman–Crippen MR) is 94.8 cm³/mol. The fourth-order valence-electron chi connectivity index (χ4n) is 2.25. The highest BCUT2D eigenvalue weighted by Crippen LogP contribution is 2.27. The molecular formula is C19H23NO5. The molecule has 0 saturated carbocycles. The fourth-order valence-corrected chi connectivity index (χ4v) is 2.25. The first-order valence-electron chi connectivity index (χ1n) is 8.01. The summed E-state index contributed by atoms with van der Waals surface area (Å²) in [4.78, 5) is 10.8. The van der Waals surface area contributed by atoms with E-state index in [0.717, 1.165) is 18.5 Å². The summed E-state index contributed by atoms with van der Waals surface area (Å²) in [7, 11) is 3.21. The molecule has 0 heterocycles. The van der Waals surface area contributed by atoms with Crippen molar-refractivity contribution in [3.8, 4) is 17.2 Å². The van der Waals surface area contributed by atoms with Gasteiger partial charge in [-0.15, -0.1) is 0 Å². The second kappa shape index (κ2) is 9.54. The van der Waals surface area contributed by atoms with Gasteiger partial charge in [-0.05, 0) is 30.7 Å². The van der Waals surface area contributed by atoms with Crippen molar-refractivity contribution in [1.82, 2.24) is 5.32 Å². The molecule has 134 valence electrons. The van der Waals surface area contributed by atoms with Crippen LogP contribution in [0.3, 0.4) is 0 Å². The molecule has 2 rings (SSSR count). The van der Waals surface area contributed by atoms with Gasteiger partial charge >= 0.3 is 5.97 Å². The molecule has 0 spiro atoms. The minimum absolute atomic E-state index is 0.297. The van der Waals surface area contributed by atoms with E-state index in [2.05, 4.69) is 5.32 Å². The third kappa shape index (κ3) is 6.00. The molecule has 0 amide bonds. The van der Waals surface area contributed by atoms with Gasteiger partial charge in [0.1, 0.15) is 17.2 Å². The zero-order valence-electron chi connectivity index (χ0n) is 14.5. The Labute approximate surface area is 147 Å². The van der Waals surface area contributed by atoms with Crippen molar-refractivity contribution < 1.29 is 24.1 Å². The lowest BCUT2D eigenvalue weighted by Crippen LogP contribution is -2.17.